The smallest absolute Gasteiger partial charge is 0.398 e. The highest BCUT2D eigenvalue weighted by atomic mass is 19.4. The summed E-state index contributed by atoms with van der Waals surface area (Å²) in [4.78, 5) is 4.45. The SMILES string of the molecule is CC1=C(C(=Nc2ccc(N)c(CN)c2)C(C=N)=C(N)C(F)(F)F)CCCC1. The van der Waals surface area contributed by atoms with Gasteiger partial charge in [0.25, 0.3) is 0 Å². The first kappa shape index (κ1) is 20.7. The molecule has 0 unspecified atom stereocenters. The molecule has 0 heterocycles. The second kappa shape index (κ2) is 8.39. The van der Waals surface area contributed by atoms with Crippen LogP contribution in [0.25, 0.3) is 0 Å². The quantitative estimate of drug-likeness (QED) is 0.456. The zero-order valence-corrected chi connectivity index (χ0v) is 15.2. The van der Waals surface area contributed by atoms with E-state index in [2.05, 4.69) is 4.99 Å². The first-order valence-electron chi connectivity index (χ1n) is 8.63. The van der Waals surface area contributed by atoms with E-state index in [-0.39, 0.29) is 12.3 Å². The minimum atomic E-state index is -4.75. The minimum absolute atomic E-state index is 0.0877. The molecule has 146 valence electrons. The van der Waals surface area contributed by atoms with Crippen molar-refractivity contribution in [3.05, 3.63) is 46.2 Å². The Balaban J connectivity index is 2.72. The van der Waals surface area contributed by atoms with Gasteiger partial charge < -0.3 is 22.6 Å². The number of halogens is 3. The zero-order valence-electron chi connectivity index (χ0n) is 15.2. The number of anilines is 1. The molecule has 0 spiro atoms. The van der Waals surface area contributed by atoms with Crippen molar-refractivity contribution in [2.24, 2.45) is 16.5 Å². The van der Waals surface area contributed by atoms with Gasteiger partial charge in [-0.2, -0.15) is 13.2 Å². The molecule has 8 heteroatoms. The van der Waals surface area contributed by atoms with Gasteiger partial charge >= 0.3 is 6.18 Å². The molecule has 0 saturated heterocycles. The number of hydrogen-bond donors (Lipinski definition) is 4. The minimum Gasteiger partial charge on any atom is -0.398 e. The van der Waals surface area contributed by atoms with Gasteiger partial charge in [-0.1, -0.05) is 5.57 Å². The Kier molecular flexibility index (Phi) is 6.43. The molecule has 0 bridgehead atoms. The van der Waals surface area contributed by atoms with Crippen molar-refractivity contribution in [1.29, 1.82) is 5.41 Å². The summed E-state index contributed by atoms with van der Waals surface area (Å²) in [6.45, 7) is 2.06. The van der Waals surface area contributed by atoms with Crippen LogP contribution in [0, 0.1) is 5.41 Å². The molecule has 5 nitrogen and oxygen atoms in total. The van der Waals surface area contributed by atoms with Crippen molar-refractivity contribution < 1.29 is 13.2 Å². The summed E-state index contributed by atoms with van der Waals surface area (Å²) < 4.78 is 39.7. The monoisotopic (exact) mass is 379 g/mol. The van der Waals surface area contributed by atoms with E-state index in [0.29, 0.717) is 35.1 Å². The van der Waals surface area contributed by atoms with Crippen molar-refractivity contribution in [3.8, 4) is 0 Å². The van der Waals surface area contributed by atoms with Gasteiger partial charge in [0, 0.05) is 24.0 Å². The lowest BCUT2D eigenvalue weighted by Gasteiger charge is -2.22. The van der Waals surface area contributed by atoms with Crippen LogP contribution >= 0.6 is 0 Å². The molecule has 2 rings (SSSR count). The van der Waals surface area contributed by atoms with Crippen LogP contribution in [-0.4, -0.2) is 18.1 Å². The summed E-state index contributed by atoms with van der Waals surface area (Å²) in [5.74, 6) is 0. The van der Waals surface area contributed by atoms with Gasteiger partial charge in [0.15, 0.2) is 0 Å². The highest BCUT2D eigenvalue weighted by Crippen LogP contribution is 2.32. The normalized spacial score (nSPS) is 17.0. The topological polar surface area (TPSA) is 114 Å². The number of nitrogen functional groups attached to an aromatic ring is 1. The van der Waals surface area contributed by atoms with Crippen LogP contribution in [0.15, 0.2) is 45.6 Å². The maximum Gasteiger partial charge on any atom is 0.431 e. The predicted octanol–water partition coefficient (Wildman–Crippen LogP) is 4.12. The molecular weight excluding hydrogens is 355 g/mol. The van der Waals surface area contributed by atoms with Gasteiger partial charge in [-0.3, -0.25) is 0 Å². The third kappa shape index (κ3) is 4.77. The summed E-state index contributed by atoms with van der Waals surface area (Å²) in [6, 6.07) is 4.86. The van der Waals surface area contributed by atoms with Gasteiger partial charge in [-0.15, -0.1) is 0 Å². The molecule has 0 radical (unpaired) electrons. The maximum absolute atomic E-state index is 13.2. The van der Waals surface area contributed by atoms with E-state index in [1.807, 2.05) is 6.92 Å². The molecule has 1 aliphatic carbocycles. The van der Waals surface area contributed by atoms with Crippen LogP contribution in [0.4, 0.5) is 24.5 Å². The third-order valence-corrected chi connectivity index (χ3v) is 4.61. The first-order valence-corrected chi connectivity index (χ1v) is 8.63. The Morgan fingerprint density at radius 1 is 1.26 bits per heavy atom. The van der Waals surface area contributed by atoms with Crippen LogP contribution < -0.4 is 17.2 Å². The van der Waals surface area contributed by atoms with Gasteiger partial charge in [-0.05, 0) is 61.9 Å². The summed E-state index contributed by atoms with van der Waals surface area (Å²) in [5.41, 5.74) is 18.4. The van der Waals surface area contributed by atoms with Crippen molar-refractivity contribution in [3.63, 3.8) is 0 Å². The lowest BCUT2D eigenvalue weighted by atomic mass is 9.86. The summed E-state index contributed by atoms with van der Waals surface area (Å²) in [5, 5.41) is 7.56. The number of aliphatic imine (C=N–C) groups is 1. The lowest BCUT2D eigenvalue weighted by molar-refractivity contribution is -0.0928. The highest BCUT2D eigenvalue weighted by molar-refractivity contribution is 6.25. The van der Waals surface area contributed by atoms with Crippen LogP contribution in [0.5, 0.6) is 0 Å². The van der Waals surface area contributed by atoms with E-state index in [1.165, 1.54) is 0 Å². The number of nitrogens with one attached hydrogen (secondary N) is 1. The molecule has 1 aliphatic rings. The van der Waals surface area contributed by atoms with Gasteiger partial charge in [0.05, 0.1) is 11.4 Å². The molecule has 1 aromatic rings. The molecular formula is C19H24F3N5. The van der Waals surface area contributed by atoms with Gasteiger partial charge in [-0.25, -0.2) is 4.99 Å². The second-order valence-corrected chi connectivity index (χ2v) is 6.48. The van der Waals surface area contributed by atoms with Crippen molar-refractivity contribution in [1.82, 2.24) is 0 Å². The first-order chi connectivity index (χ1) is 12.7. The van der Waals surface area contributed by atoms with E-state index in [1.54, 1.807) is 18.2 Å². The van der Waals surface area contributed by atoms with Crippen LogP contribution in [0.1, 0.15) is 38.2 Å². The number of hydrogen-bond acceptors (Lipinski definition) is 5. The lowest BCUT2D eigenvalue weighted by Crippen LogP contribution is -2.26. The fourth-order valence-electron chi connectivity index (χ4n) is 3.06. The highest BCUT2D eigenvalue weighted by Gasteiger charge is 2.35. The fourth-order valence-corrected chi connectivity index (χ4v) is 3.06. The molecule has 27 heavy (non-hydrogen) atoms. The van der Waals surface area contributed by atoms with Crippen molar-refractivity contribution in [2.45, 2.75) is 45.3 Å². The van der Waals surface area contributed by atoms with E-state index in [9.17, 15) is 13.2 Å². The van der Waals surface area contributed by atoms with Crippen LogP contribution in [0.3, 0.4) is 0 Å². The summed E-state index contributed by atoms with van der Waals surface area (Å²) >= 11 is 0. The Bertz CT molecular complexity index is 819. The van der Waals surface area contributed by atoms with Crippen LogP contribution in [-0.2, 0) is 6.54 Å². The third-order valence-electron chi connectivity index (χ3n) is 4.61. The Hall–Kier alpha value is -2.61. The molecule has 0 aliphatic heterocycles. The number of allylic oxidation sites excluding steroid dienone is 4. The average Bonchev–Trinajstić information content (AvgIpc) is 2.62. The summed E-state index contributed by atoms with van der Waals surface area (Å²) in [7, 11) is 0. The Morgan fingerprint density at radius 3 is 2.48 bits per heavy atom. The number of nitrogens with zero attached hydrogens (tertiary/aromatic N) is 1. The Labute approximate surface area is 156 Å². The summed E-state index contributed by atoms with van der Waals surface area (Å²) in [6.07, 6.45) is -0.940. The van der Waals surface area contributed by atoms with E-state index in [4.69, 9.17) is 22.6 Å². The fraction of sp³-hybridized carbons (Fsp3) is 0.368. The van der Waals surface area contributed by atoms with Crippen LogP contribution in [0.2, 0.25) is 0 Å². The van der Waals surface area contributed by atoms with Crippen molar-refractivity contribution >= 4 is 23.3 Å². The molecule has 7 N–H and O–H groups in total. The van der Waals surface area contributed by atoms with E-state index >= 15 is 0 Å². The standard InChI is InChI=1S/C19H24F3N5/c1-11-4-2-3-5-14(11)17(15(10-24)18(26)19(20,21)22)27-13-6-7-16(25)12(8-13)9-23/h6-8,10,24H,2-5,9,23,25-26H2,1H3. The average molecular weight is 379 g/mol. The number of benzene rings is 1. The molecule has 1 aromatic carbocycles. The molecule has 0 amide bonds. The van der Waals surface area contributed by atoms with E-state index < -0.39 is 17.4 Å². The largest absolute Gasteiger partial charge is 0.431 e. The van der Waals surface area contributed by atoms with Crippen molar-refractivity contribution in [2.75, 3.05) is 5.73 Å². The molecule has 0 saturated carbocycles. The maximum atomic E-state index is 13.2. The van der Waals surface area contributed by atoms with Gasteiger partial charge in [0.1, 0.15) is 5.70 Å². The molecule has 0 aromatic heterocycles. The Morgan fingerprint density at radius 2 is 1.93 bits per heavy atom. The predicted molar refractivity (Wildman–Crippen MR) is 103 cm³/mol. The van der Waals surface area contributed by atoms with Gasteiger partial charge in [0.2, 0.25) is 0 Å². The number of rotatable bonds is 5. The molecule has 0 atom stereocenters. The molecule has 0 fully saturated rings. The second-order valence-electron chi connectivity index (χ2n) is 6.48. The van der Waals surface area contributed by atoms with E-state index in [0.717, 1.165) is 24.8 Å². The zero-order chi connectivity index (χ0) is 20.2. The number of alkyl halides is 3. The number of nitrogens with two attached hydrogens (primary N) is 3.